The Morgan fingerprint density at radius 3 is 2.67 bits per heavy atom. The maximum Gasteiger partial charge on any atom is 0.410 e. The van der Waals surface area contributed by atoms with Gasteiger partial charge >= 0.3 is 6.09 Å². The first-order valence-electron chi connectivity index (χ1n) is 6.81. The lowest BCUT2D eigenvalue weighted by molar-refractivity contribution is -0.126. The number of rotatable bonds is 0. The Kier molecular flexibility index (Phi) is 2.77. The fraction of sp³-hybridized carbons (Fsp3) is 0.467. The minimum Gasteiger partial charge on any atom is -0.444 e. The summed E-state index contributed by atoms with van der Waals surface area (Å²) in [5, 5.41) is 2.68. The molecule has 2 heterocycles. The molecular formula is C15H17FN2O3. The van der Waals surface area contributed by atoms with Crippen molar-refractivity contribution in [1.29, 1.82) is 0 Å². The molecule has 1 saturated heterocycles. The third kappa shape index (κ3) is 2.05. The lowest BCUT2D eigenvalue weighted by atomic mass is 9.74. The van der Waals surface area contributed by atoms with Crippen LogP contribution < -0.4 is 5.32 Å². The average molecular weight is 292 g/mol. The Labute approximate surface area is 122 Å². The van der Waals surface area contributed by atoms with Gasteiger partial charge in [-0.15, -0.1) is 0 Å². The lowest BCUT2D eigenvalue weighted by Gasteiger charge is -2.46. The van der Waals surface area contributed by atoms with Gasteiger partial charge in [-0.05, 0) is 32.9 Å². The zero-order valence-electron chi connectivity index (χ0n) is 12.2. The van der Waals surface area contributed by atoms with Crippen LogP contribution in [0.1, 0.15) is 26.3 Å². The molecule has 1 aromatic carbocycles. The summed E-state index contributed by atoms with van der Waals surface area (Å²) in [5.74, 6) is -0.683. The molecule has 1 N–H and O–H groups in total. The molecule has 1 fully saturated rings. The highest BCUT2D eigenvalue weighted by atomic mass is 19.1. The molecule has 0 radical (unpaired) electrons. The van der Waals surface area contributed by atoms with Crippen LogP contribution in [0.15, 0.2) is 18.2 Å². The molecule has 0 atom stereocenters. The molecule has 21 heavy (non-hydrogen) atoms. The maximum absolute atomic E-state index is 14.1. The quantitative estimate of drug-likeness (QED) is 0.798. The van der Waals surface area contributed by atoms with Crippen molar-refractivity contribution in [2.75, 3.05) is 18.4 Å². The zero-order valence-corrected chi connectivity index (χ0v) is 12.2. The molecule has 3 rings (SSSR count). The molecule has 0 unspecified atom stereocenters. The van der Waals surface area contributed by atoms with Gasteiger partial charge in [-0.25, -0.2) is 9.18 Å². The fourth-order valence-electron chi connectivity index (χ4n) is 2.83. The van der Waals surface area contributed by atoms with Crippen LogP contribution in [0, 0.1) is 5.82 Å². The van der Waals surface area contributed by atoms with Gasteiger partial charge in [0.15, 0.2) is 0 Å². The van der Waals surface area contributed by atoms with E-state index in [0.29, 0.717) is 11.3 Å². The van der Waals surface area contributed by atoms with E-state index in [0.717, 1.165) is 0 Å². The van der Waals surface area contributed by atoms with E-state index in [2.05, 4.69) is 5.32 Å². The van der Waals surface area contributed by atoms with Crippen LogP contribution in [0.5, 0.6) is 0 Å². The first kappa shape index (κ1) is 13.9. The number of carbonyl (C=O) groups excluding carboxylic acids is 2. The minimum absolute atomic E-state index is 0.141. The Bertz CT molecular complexity index is 630. The van der Waals surface area contributed by atoms with Gasteiger partial charge in [0.1, 0.15) is 16.8 Å². The van der Waals surface area contributed by atoms with Crippen LogP contribution in [-0.4, -0.2) is 35.6 Å². The van der Waals surface area contributed by atoms with Crippen molar-refractivity contribution >= 4 is 17.7 Å². The summed E-state index contributed by atoms with van der Waals surface area (Å²) in [6.45, 7) is 5.61. The monoisotopic (exact) mass is 292 g/mol. The van der Waals surface area contributed by atoms with Gasteiger partial charge in [-0.1, -0.05) is 6.07 Å². The summed E-state index contributed by atoms with van der Waals surface area (Å²) in [6, 6.07) is 4.55. The number of carbonyl (C=O) groups is 2. The van der Waals surface area contributed by atoms with Gasteiger partial charge in [0.2, 0.25) is 5.91 Å². The molecule has 6 heteroatoms. The van der Waals surface area contributed by atoms with E-state index in [9.17, 15) is 14.0 Å². The van der Waals surface area contributed by atoms with Crippen molar-refractivity contribution in [3.05, 3.63) is 29.6 Å². The molecule has 2 amide bonds. The van der Waals surface area contributed by atoms with E-state index in [1.807, 2.05) is 0 Å². The fourth-order valence-corrected chi connectivity index (χ4v) is 2.83. The predicted molar refractivity (Wildman–Crippen MR) is 74.5 cm³/mol. The molecule has 1 aromatic rings. The number of anilines is 1. The molecule has 0 saturated carbocycles. The SMILES string of the molecule is CC(C)(C)OC(=O)N1CC2(C1)C(=O)Nc1cccc(F)c12. The number of fused-ring (bicyclic) bond motifs is 2. The Hall–Kier alpha value is -2.11. The molecule has 0 aliphatic carbocycles. The number of halogens is 1. The number of nitrogens with zero attached hydrogens (tertiary/aromatic N) is 1. The van der Waals surface area contributed by atoms with Crippen molar-refractivity contribution < 1.29 is 18.7 Å². The maximum atomic E-state index is 14.1. The standard InChI is InChI=1S/C15H17FN2O3/c1-14(2,3)21-13(20)18-7-15(8-18)11-9(16)5-4-6-10(11)17-12(15)19/h4-6H,7-8H2,1-3H3,(H,17,19). The first-order valence-corrected chi connectivity index (χ1v) is 6.81. The minimum atomic E-state index is -0.975. The Morgan fingerprint density at radius 1 is 1.38 bits per heavy atom. The van der Waals surface area contributed by atoms with Crippen LogP contribution in [0.4, 0.5) is 14.9 Å². The number of hydrogen-bond donors (Lipinski definition) is 1. The Balaban J connectivity index is 1.82. The number of hydrogen-bond acceptors (Lipinski definition) is 3. The van der Waals surface area contributed by atoms with Crippen LogP contribution in [-0.2, 0) is 14.9 Å². The lowest BCUT2D eigenvalue weighted by Crippen LogP contribution is -2.65. The second-order valence-electron chi connectivity index (χ2n) is 6.54. The highest BCUT2D eigenvalue weighted by Crippen LogP contribution is 2.45. The van der Waals surface area contributed by atoms with Crippen molar-refractivity contribution in [1.82, 2.24) is 4.90 Å². The van der Waals surface area contributed by atoms with E-state index >= 15 is 0 Å². The van der Waals surface area contributed by atoms with Crippen LogP contribution in [0.2, 0.25) is 0 Å². The average Bonchev–Trinajstić information content (AvgIpc) is 2.58. The predicted octanol–water partition coefficient (Wildman–Crippen LogP) is 2.27. The van der Waals surface area contributed by atoms with Crippen LogP contribution in [0.25, 0.3) is 0 Å². The third-order valence-electron chi connectivity index (χ3n) is 3.75. The summed E-state index contributed by atoms with van der Waals surface area (Å²) < 4.78 is 19.3. The normalized spacial score (nSPS) is 19.0. The van der Waals surface area contributed by atoms with Gasteiger partial charge in [-0.2, -0.15) is 0 Å². The van der Waals surface area contributed by atoms with Gasteiger partial charge in [-0.3, -0.25) is 4.79 Å². The molecular weight excluding hydrogens is 275 g/mol. The van der Waals surface area contributed by atoms with Crippen molar-refractivity contribution in [2.45, 2.75) is 31.8 Å². The summed E-state index contributed by atoms with van der Waals surface area (Å²) in [4.78, 5) is 25.6. The highest BCUT2D eigenvalue weighted by molar-refractivity contribution is 6.08. The van der Waals surface area contributed by atoms with Crippen LogP contribution >= 0.6 is 0 Å². The van der Waals surface area contributed by atoms with Gasteiger partial charge in [0, 0.05) is 24.3 Å². The molecule has 0 aromatic heterocycles. The molecule has 5 nitrogen and oxygen atoms in total. The summed E-state index contributed by atoms with van der Waals surface area (Å²) in [7, 11) is 0. The number of amides is 2. The molecule has 1 spiro atoms. The largest absolute Gasteiger partial charge is 0.444 e. The second-order valence-corrected chi connectivity index (χ2v) is 6.54. The number of nitrogens with one attached hydrogen (secondary N) is 1. The second kappa shape index (κ2) is 4.19. The zero-order chi connectivity index (χ0) is 15.4. The van der Waals surface area contributed by atoms with Gasteiger partial charge in [0.25, 0.3) is 0 Å². The molecule has 0 bridgehead atoms. The highest BCUT2D eigenvalue weighted by Gasteiger charge is 2.58. The van der Waals surface area contributed by atoms with Gasteiger partial charge < -0.3 is 15.0 Å². The van der Waals surface area contributed by atoms with E-state index in [1.54, 1.807) is 32.9 Å². The molecule has 2 aliphatic rings. The topological polar surface area (TPSA) is 58.6 Å². The van der Waals surface area contributed by atoms with E-state index in [4.69, 9.17) is 4.74 Å². The third-order valence-corrected chi connectivity index (χ3v) is 3.75. The number of likely N-dealkylation sites (tertiary alicyclic amines) is 1. The smallest absolute Gasteiger partial charge is 0.410 e. The van der Waals surface area contributed by atoms with Crippen molar-refractivity contribution in [2.24, 2.45) is 0 Å². The summed E-state index contributed by atoms with van der Waals surface area (Å²) in [5.41, 5.74) is -0.725. The van der Waals surface area contributed by atoms with Crippen molar-refractivity contribution in [3.63, 3.8) is 0 Å². The van der Waals surface area contributed by atoms with E-state index < -0.39 is 22.9 Å². The molecule has 112 valence electrons. The molecule has 2 aliphatic heterocycles. The van der Waals surface area contributed by atoms with Crippen molar-refractivity contribution in [3.8, 4) is 0 Å². The summed E-state index contributed by atoms with van der Waals surface area (Å²) in [6.07, 6.45) is -0.481. The van der Waals surface area contributed by atoms with E-state index in [-0.39, 0.29) is 19.0 Å². The van der Waals surface area contributed by atoms with Crippen LogP contribution in [0.3, 0.4) is 0 Å². The summed E-state index contributed by atoms with van der Waals surface area (Å²) >= 11 is 0. The number of benzene rings is 1. The Morgan fingerprint density at radius 2 is 2.05 bits per heavy atom. The first-order chi connectivity index (χ1) is 9.73. The number of ether oxygens (including phenoxy) is 1. The van der Waals surface area contributed by atoms with Gasteiger partial charge in [0.05, 0.1) is 0 Å². The van der Waals surface area contributed by atoms with E-state index in [1.165, 1.54) is 11.0 Å².